The maximum absolute atomic E-state index is 11.4. The lowest BCUT2D eigenvalue weighted by Gasteiger charge is -2.08. The van der Waals surface area contributed by atoms with Crippen molar-refractivity contribution in [1.82, 2.24) is 4.98 Å². The third kappa shape index (κ3) is 5.48. The Morgan fingerprint density at radius 2 is 2.26 bits per heavy atom. The molecule has 0 amide bonds. The van der Waals surface area contributed by atoms with Crippen molar-refractivity contribution in [3.63, 3.8) is 0 Å². The van der Waals surface area contributed by atoms with Crippen LogP contribution in [0.2, 0.25) is 0 Å². The van der Waals surface area contributed by atoms with Crippen molar-refractivity contribution in [2.24, 2.45) is 5.10 Å². The Hall–Kier alpha value is -3.01. The van der Waals surface area contributed by atoms with Gasteiger partial charge in [0.15, 0.2) is 0 Å². The summed E-state index contributed by atoms with van der Waals surface area (Å²) < 4.78 is 4.86. The molecular weight excluding hydrogens is 372 g/mol. The van der Waals surface area contributed by atoms with E-state index in [2.05, 4.69) is 15.5 Å². The van der Waals surface area contributed by atoms with Crippen LogP contribution in [0.15, 0.2) is 22.6 Å². The SMILES string of the molecule is CCOC(=O)Cc1csc(NN=Cc2cc(C(C)C)cc([N+](=O)[O-])c2O)n1. The number of aromatic nitrogens is 1. The molecule has 0 spiro atoms. The van der Waals surface area contributed by atoms with Crippen LogP contribution in [0.1, 0.15) is 43.5 Å². The maximum atomic E-state index is 11.4. The fraction of sp³-hybridized carbons (Fsp3) is 0.353. The second-order valence-electron chi connectivity index (χ2n) is 5.89. The third-order valence-corrected chi connectivity index (χ3v) is 4.35. The number of nitro groups is 1. The maximum Gasteiger partial charge on any atom is 0.311 e. The zero-order valence-electron chi connectivity index (χ0n) is 15.1. The number of benzene rings is 1. The lowest BCUT2D eigenvalue weighted by Crippen LogP contribution is -2.07. The molecule has 1 aromatic carbocycles. The fourth-order valence-corrected chi connectivity index (χ4v) is 2.85. The largest absolute Gasteiger partial charge is 0.502 e. The molecule has 0 aliphatic carbocycles. The second kappa shape index (κ2) is 9.08. The van der Waals surface area contributed by atoms with Gasteiger partial charge in [0.25, 0.3) is 0 Å². The molecule has 144 valence electrons. The van der Waals surface area contributed by atoms with E-state index in [4.69, 9.17) is 4.74 Å². The summed E-state index contributed by atoms with van der Waals surface area (Å²) in [6.07, 6.45) is 1.36. The molecule has 0 bridgehead atoms. The zero-order chi connectivity index (χ0) is 20.0. The van der Waals surface area contributed by atoms with Gasteiger partial charge in [0.05, 0.1) is 29.9 Å². The van der Waals surface area contributed by atoms with Gasteiger partial charge in [0.1, 0.15) is 0 Å². The smallest absolute Gasteiger partial charge is 0.311 e. The van der Waals surface area contributed by atoms with Gasteiger partial charge in [0, 0.05) is 17.0 Å². The van der Waals surface area contributed by atoms with Gasteiger partial charge in [-0.3, -0.25) is 20.3 Å². The van der Waals surface area contributed by atoms with Crippen LogP contribution in [0.3, 0.4) is 0 Å². The van der Waals surface area contributed by atoms with Crippen LogP contribution in [-0.4, -0.2) is 33.8 Å². The van der Waals surface area contributed by atoms with E-state index in [-0.39, 0.29) is 29.6 Å². The highest BCUT2D eigenvalue weighted by atomic mass is 32.1. The van der Waals surface area contributed by atoms with Crippen LogP contribution in [0, 0.1) is 10.1 Å². The van der Waals surface area contributed by atoms with Crippen molar-refractivity contribution in [3.05, 3.63) is 44.4 Å². The molecule has 2 N–H and O–H groups in total. The van der Waals surface area contributed by atoms with Crippen molar-refractivity contribution in [3.8, 4) is 5.75 Å². The van der Waals surface area contributed by atoms with Crippen LogP contribution in [-0.2, 0) is 16.0 Å². The summed E-state index contributed by atoms with van der Waals surface area (Å²) in [6.45, 7) is 5.84. The first-order valence-corrected chi connectivity index (χ1v) is 9.10. The van der Waals surface area contributed by atoms with Crippen LogP contribution in [0.5, 0.6) is 5.75 Å². The minimum atomic E-state index is -0.630. The molecule has 2 rings (SSSR count). The van der Waals surface area contributed by atoms with Gasteiger partial charge in [-0.15, -0.1) is 11.3 Å². The van der Waals surface area contributed by atoms with Gasteiger partial charge >= 0.3 is 11.7 Å². The number of nitrogens with one attached hydrogen (secondary N) is 1. The third-order valence-electron chi connectivity index (χ3n) is 3.55. The quantitative estimate of drug-likeness (QED) is 0.305. The average molecular weight is 392 g/mol. The number of carbonyl (C=O) groups is 1. The Morgan fingerprint density at radius 3 is 2.89 bits per heavy atom. The lowest BCUT2D eigenvalue weighted by atomic mass is 9.99. The number of hydrogen-bond acceptors (Lipinski definition) is 9. The molecule has 0 aliphatic heterocycles. The van der Waals surface area contributed by atoms with Crippen molar-refractivity contribution < 1.29 is 19.6 Å². The minimum Gasteiger partial charge on any atom is -0.502 e. The molecule has 9 nitrogen and oxygen atoms in total. The van der Waals surface area contributed by atoms with Crippen LogP contribution >= 0.6 is 11.3 Å². The van der Waals surface area contributed by atoms with E-state index in [0.717, 1.165) is 0 Å². The highest BCUT2D eigenvalue weighted by Crippen LogP contribution is 2.33. The fourth-order valence-electron chi connectivity index (χ4n) is 2.19. The second-order valence-corrected chi connectivity index (χ2v) is 6.74. The van der Waals surface area contributed by atoms with E-state index in [9.17, 15) is 20.0 Å². The van der Waals surface area contributed by atoms with Crippen molar-refractivity contribution >= 4 is 34.3 Å². The number of ether oxygens (including phenoxy) is 1. The molecular formula is C17H20N4O5S. The Kier molecular flexibility index (Phi) is 6.83. The van der Waals surface area contributed by atoms with Gasteiger partial charge in [-0.1, -0.05) is 13.8 Å². The molecule has 1 aromatic heterocycles. The van der Waals surface area contributed by atoms with E-state index in [1.165, 1.54) is 23.6 Å². The number of hydrazone groups is 1. The van der Waals surface area contributed by atoms with Crippen molar-refractivity contribution in [2.45, 2.75) is 33.1 Å². The first-order valence-electron chi connectivity index (χ1n) is 8.22. The Morgan fingerprint density at radius 1 is 1.52 bits per heavy atom. The van der Waals surface area contributed by atoms with Gasteiger partial charge in [-0.2, -0.15) is 5.10 Å². The summed E-state index contributed by atoms with van der Waals surface area (Å²) in [4.78, 5) is 26.1. The van der Waals surface area contributed by atoms with E-state index < -0.39 is 10.7 Å². The predicted octanol–water partition coefficient (Wildman–Crippen LogP) is 3.43. The molecule has 2 aromatic rings. The highest BCUT2D eigenvalue weighted by Gasteiger charge is 2.19. The molecule has 27 heavy (non-hydrogen) atoms. The molecule has 10 heteroatoms. The monoisotopic (exact) mass is 392 g/mol. The standard InChI is InChI=1S/C17H20N4O5S/c1-4-26-15(22)7-13-9-27-17(19-13)20-18-8-12-5-11(10(2)3)6-14(16(12)23)21(24)25/h5-6,8-10,23H,4,7H2,1-3H3,(H,19,20). The molecule has 1 heterocycles. The normalized spacial score (nSPS) is 11.1. The summed E-state index contributed by atoms with van der Waals surface area (Å²) in [5.41, 5.74) is 3.81. The van der Waals surface area contributed by atoms with Gasteiger partial charge in [-0.25, -0.2) is 4.98 Å². The van der Waals surface area contributed by atoms with Crippen LogP contribution in [0.25, 0.3) is 0 Å². The van der Waals surface area contributed by atoms with E-state index in [1.54, 1.807) is 18.4 Å². The summed E-state index contributed by atoms with van der Waals surface area (Å²) >= 11 is 1.25. The van der Waals surface area contributed by atoms with Crippen LogP contribution < -0.4 is 5.43 Å². The predicted molar refractivity (Wildman–Crippen MR) is 103 cm³/mol. The minimum absolute atomic E-state index is 0.0498. The Bertz CT molecular complexity index is 863. The van der Waals surface area contributed by atoms with Gasteiger partial charge < -0.3 is 9.84 Å². The number of nitrogens with zero attached hydrogens (tertiary/aromatic N) is 3. The first-order chi connectivity index (χ1) is 12.8. The number of nitro benzene ring substituents is 1. The Labute approximate surface area is 159 Å². The number of thiazole rings is 1. The van der Waals surface area contributed by atoms with E-state index in [0.29, 0.717) is 23.0 Å². The number of phenols is 1. The van der Waals surface area contributed by atoms with Crippen LogP contribution in [0.4, 0.5) is 10.8 Å². The Balaban J connectivity index is 2.13. The molecule has 0 saturated heterocycles. The molecule has 0 atom stereocenters. The first kappa shape index (κ1) is 20.3. The number of aromatic hydroxyl groups is 1. The summed E-state index contributed by atoms with van der Waals surface area (Å²) in [5, 5.41) is 27.3. The number of anilines is 1. The number of rotatable bonds is 8. The van der Waals surface area contributed by atoms with Crippen molar-refractivity contribution in [2.75, 3.05) is 12.0 Å². The summed E-state index contributed by atoms with van der Waals surface area (Å²) in [5.74, 6) is -0.758. The molecule has 0 unspecified atom stereocenters. The molecule has 0 saturated carbocycles. The van der Waals surface area contributed by atoms with Crippen molar-refractivity contribution in [1.29, 1.82) is 0 Å². The lowest BCUT2D eigenvalue weighted by molar-refractivity contribution is -0.385. The number of carbonyl (C=O) groups excluding carboxylic acids is 1. The number of phenolic OH excluding ortho intramolecular Hbond substituents is 1. The van der Waals surface area contributed by atoms with E-state index >= 15 is 0 Å². The number of esters is 1. The van der Waals surface area contributed by atoms with Gasteiger partial charge in [0.2, 0.25) is 10.9 Å². The average Bonchev–Trinajstić information content (AvgIpc) is 3.03. The highest BCUT2D eigenvalue weighted by molar-refractivity contribution is 7.13. The number of hydrogen-bond donors (Lipinski definition) is 2. The molecule has 0 aliphatic rings. The summed E-state index contributed by atoms with van der Waals surface area (Å²) in [6, 6.07) is 3.00. The zero-order valence-corrected chi connectivity index (χ0v) is 15.9. The summed E-state index contributed by atoms with van der Waals surface area (Å²) in [7, 11) is 0. The molecule has 0 fully saturated rings. The van der Waals surface area contributed by atoms with E-state index in [1.807, 2.05) is 13.8 Å². The molecule has 0 radical (unpaired) electrons. The topological polar surface area (TPSA) is 127 Å². The van der Waals surface area contributed by atoms with Gasteiger partial charge in [-0.05, 0) is 24.5 Å².